The van der Waals surface area contributed by atoms with Crippen LogP contribution >= 0.6 is 0 Å². The largest absolute Gasteiger partial charge is 0.481 e. The first-order chi connectivity index (χ1) is 7.35. The summed E-state index contributed by atoms with van der Waals surface area (Å²) in [7, 11) is -2.22. The normalized spacial score (nSPS) is 13.9. The Kier molecular flexibility index (Phi) is 3.71. The fourth-order valence-electron chi connectivity index (χ4n) is 1.21. The first kappa shape index (κ1) is 12.7. The Balaban J connectivity index is 2.82. The molecule has 0 fully saturated rings. The first-order valence-corrected chi connectivity index (χ1v) is 6.11. The Morgan fingerprint density at radius 3 is 2.69 bits per heavy atom. The molecule has 1 aromatic rings. The lowest BCUT2D eigenvalue weighted by Crippen LogP contribution is -2.33. The molecule has 0 radical (unpaired) electrons. The molecule has 1 rings (SSSR count). The first-order valence-electron chi connectivity index (χ1n) is 4.67. The van der Waals surface area contributed by atoms with Crippen molar-refractivity contribution in [2.45, 2.75) is 11.8 Å². The Labute approximate surface area is 93.9 Å². The molecular weight excluding hydrogens is 232 g/mol. The molecule has 1 unspecified atom stereocenters. The molecule has 0 aliphatic rings. The summed E-state index contributed by atoms with van der Waals surface area (Å²) in [5, 5.41) is 8.70. The lowest BCUT2D eigenvalue weighted by atomic mass is 10.2. The lowest BCUT2D eigenvalue weighted by Gasteiger charge is -2.18. The van der Waals surface area contributed by atoms with Gasteiger partial charge in [-0.1, -0.05) is 6.92 Å². The van der Waals surface area contributed by atoms with E-state index < -0.39 is 21.9 Å². The predicted molar refractivity (Wildman–Crippen MR) is 57.4 cm³/mol. The zero-order valence-corrected chi connectivity index (χ0v) is 9.86. The van der Waals surface area contributed by atoms with Crippen LogP contribution in [-0.4, -0.2) is 42.4 Å². The SMILES string of the molecule is CC(CN(C)S(=O)(=O)c1cc[nH]c1)C(=O)O. The molecule has 7 heteroatoms. The van der Waals surface area contributed by atoms with E-state index in [9.17, 15) is 13.2 Å². The molecule has 0 aliphatic heterocycles. The van der Waals surface area contributed by atoms with Crippen molar-refractivity contribution >= 4 is 16.0 Å². The quantitative estimate of drug-likeness (QED) is 0.784. The van der Waals surface area contributed by atoms with Crippen LogP contribution in [0.15, 0.2) is 23.4 Å². The van der Waals surface area contributed by atoms with E-state index in [-0.39, 0.29) is 11.4 Å². The number of hydrogen-bond donors (Lipinski definition) is 2. The Morgan fingerprint density at radius 1 is 1.62 bits per heavy atom. The van der Waals surface area contributed by atoms with Crippen LogP contribution in [0.2, 0.25) is 0 Å². The number of carbonyl (C=O) groups is 1. The van der Waals surface area contributed by atoms with E-state index in [1.54, 1.807) is 0 Å². The van der Waals surface area contributed by atoms with Crippen LogP contribution in [0.25, 0.3) is 0 Å². The van der Waals surface area contributed by atoms with Crippen molar-refractivity contribution in [1.82, 2.24) is 9.29 Å². The number of nitrogens with zero attached hydrogens (tertiary/aromatic N) is 1. The maximum atomic E-state index is 11.9. The summed E-state index contributed by atoms with van der Waals surface area (Å²) in [4.78, 5) is 13.4. The van der Waals surface area contributed by atoms with Gasteiger partial charge in [0, 0.05) is 26.0 Å². The molecule has 0 aromatic carbocycles. The number of sulfonamides is 1. The van der Waals surface area contributed by atoms with Crippen LogP contribution in [0.4, 0.5) is 0 Å². The maximum Gasteiger partial charge on any atom is 0.307 e. The predicted octanol–water partition coefficient (Wildman–Crippen LogP) is 0.356. The van der Waals surface area contributed by atoms with Gasteiger partial charge in [-0.05, 0) is 6.07 Å². The summed E-state index contributed by atoms with van der Waals surface area (Å²) in [5.41, 5.74) is 0. The Bertz CT molecular complexity index is 452. The van der Waals surface area contributed by atoms with E-state index in [0.717, 1.165) is 4.31 Å². The minimum Gasteiger partial charge on any atom is -0.481 e. The van der Waals surface area contributed by atoms with Crippen LogP contribution in [0.3, 0.4) is 0 Å². The number of carboxylic acids is 1. The van der Waals surface area contributed by atoms with E-state index in [2.05, 4.69) is 4.98 Å². The van der Waals surface area contributed by atoms with Gasteiger partial charge in [-0.25, -0.2) is 12.7 Å². The van der Waals surface area contributed by atoms with Crippen LogP contribution in [-0.2, 0) is 14.8 Å². The fraction of sp³-hybridized carbons (Fsp3) is 0.444. The van der Waals surface area contributed by atoms with Crippen LogP contribution in [0.1, 0.15) is 6.92 Å². The van der Waals surface area contributed by atoms with Gasteiger partial charge < -0.3 is 10.1 Å². The van der Waals surface area contributed by atoms with E-state index in [4.69, 9.17) is 5.11 Å². The molecule has 0 amide bonds. The molecule has 90 valence electrons. The van der Waals surface area contributed by atoms with Crippen molar-refractivity contribution in [1.29, 1.82) is 0 Å². The van der Waals surface area contributed by atoms with Crippen LogP contribution in [0.5, 0.6) is 0 Å². The number of aliphatic carboxylic acids is 1. The second kappa shape index (κ2) is 4.67. The van der Waals surface area contributed by atoms with Gasteiger partial charge in [-0.3, -0.25) is 4.79 Å². The Morgan fingerprint density at radius 2 is 2.25 bits per heavy atom. The summed E-state index contributed by atoms with van der Waals surface area (Å²) in [5.74, 6) is -1.75. The van der Waals surface area contributed by atoms with Gasteiger partial charge in [0.15, 0.2) is 0 Å². The molecular formula is C9H14N2O4S. The average molecular weight is 246 g/mol. The number of aromatic amines is 1. The summed E-state index contributed by atoms with van der Waals surface area (Å²) < 4.78 is 24.8. The molecule has 1 aromatic heterocycles. The van der Waals surface area contributed by atoms with Gasteiger partial charge in [-0.2, -0.15) is 0 Å². The van der Waals surface area contributed by atoms with Crippen molar-refractivity contribution in [3.63, 3.8) is 0 Å². The average Bonchev–Trinajstić information content (AvgIpc) is 2.70. The Hall–Kier alpha value is -1.34. The van der Waals surface area contributed by atoms with Crippen molar-refractivity contribution in [3.8, 4) is 0 Å². The van der Waals surface area contributed by atoms with Crippen molar-refractivity contribution in [2.24, 2.45) is 5.92 Å². The molecule has 16 heavy (non-hydrogen) atoms. The third-order valence-corrected chi connectivity index (χ3v) is 4.05. The summed E-state index contributed by atoms with van der Waals surface area (Å²) in [6, 6.07) is 1.43. The van der Waals surface area contributed by atoms with Gasteiger partial charge in [0.25, 0.3) is 0 Å². The molecule has 1 heterocycles. The van der Waals surface area contributed by atoms with E-state index in [1.807, 2.05) is 0 Å². The molecule has 1 atom stereocenters. The smallest absolute Gasteiger partial charge is 0.307 e. The number of H-pyrrole nitrogens is 1. The third-order valence-electron chi connectivity index (χ3n) is 2.23. The summed E-state index contributed by atoms with van der Waals surface area (Å²) in [6.07, 6.45) is 2.86. The monoisotopic (exact) mass is 246 g/mol. The highest BCUT2D eigenvalue weighted by Gasteiger charge is 2.24. The third kappa shape index (κ3) is 2.61. The van der Waals surface area contributed by atoms with Crippen molar-refractivity contribution < 1.29 is 18.3 Å². The number of rotatable bonds is 5. The van der Waals surface area contributed by atoms with Gasteiger partial charge in [0.05, 0.1) is 10.8 Å². The van der Waals surface area contributed by atoms with Gasteiger partial charge in [0.2, 0.25) is 10.0 Å². The summed E-state index contributed by atoms with van der Waals surface area (Å²) >= 11 is 0. The van der Waals surface area contributed by atoms with Crippen LogP contribution < -0.4 is 0 Å². The highest BCUT2D eigenvalue weighted by atomic mass is 32.2. The molecule has 0 aliphatic carbocycles. The number of carboxylic acid groups (broad SMARTS) is 1. The zero-order valence-electron chi connectivity index (χ0n) is 9.04. The molecule has 0 bridgehead atoms. The lowest BCUT2D eigenvalue weighted by molar-refractivity contribution is -0.141. The van der Waals surface area contributed by atoms with E-state index in [0.29, 0.717) is 0 Å². The highest BCUT2D eigenvalue weighted by molar-refractivity contribution is 7.89. The minimum absolute atomic E-state index is 0.0527. The fourth-order valence-corrected chi connectivity index (χ4v) is 2.45. The molecule has 0 spiro atoms. The number of nitrogens with one attached hydrogen (secondary N) is 1. The summed E-state index contributed by atoms with van der Waals surface area (Å²) in [6.45, 7) is 1.41. The molecule has 0 saturated heterocycles. The number of aromatic nitrogens is 1. The van der Waals surface area contributed by atoms with E-state index in [1.165, 1.54) is 32.4 Å². The van der Waals surface area contributed by atoms with Gasteiger partial charge >= 0.3 is 5.97 Å². The molecule has 2 N–H and O–H groups in total. The van der Waals surface area contributed by atoms with Crippen molar-refractivity contribution in [3.05, 3.63) is 18.5 Å². The topological polar surface area (TPSA) is 90.5 Å². The highest BCUT2D eigenvalue weighted by Crippen LogP contribution is 2.14. The zero-order chi connectivity index (χ0) is 12.3. The van der Waals surface area contributed by atoms with Crippen LogP contribution in [0, 0.1) is 5.92 Å². The second-order valence-corrected chi connectivity index (χ2v) is 5.62. The second-order valence-electron chi connectivity index (χ2n) is 3.57. The molecule has 0 saturated carbocycles. The standard InChI is InChI=1S/C9H14N2O4S/c1-7(9(12)13)6-11(2)16(14,15)8-3-4-10-5-8/h3-5,7,10H,6H2,1-2H3,(H,12,13). The minimum atomic E-state index is -3.59. The molecule has 6 nitrogen and oxygen atoms in total. The maximum absolute atomic E-state index is 11.9. The van der Waals surface area contributed by atoms with Gasteiger partial charge in [-0.15, -0.1) is 0 Å². The van der Waals surface area contributed by atoms with Gasteiger partial charge in [0.1, 0.15) is 0 Å². The van der Waals surface area contributed by atoms with E-state index >= 15 is 0 Å². The van der Waals surface area contributed by atoms with Crippen molar-refractivity contribution in [2.75, 3.05) is 13.6 Å². The number of hydrogen-bond acceptors (Lipinski definition) is 3.